The highest BCUT2D eigenvalue weighted by atomic mass is 16.5. The summed E-state index contributed by atoms with van der Waals surface area (Å²) >= 11 is 0. The molecule has 0 spiro atoms. The zero-order valence-electron chi connectivity index (χ0n) is 15.5. The van der Waals surface area contributed by atoms with Crippen molar-refractivity contribution in [2.24, 2.45) is 0 Å². The number of aryl methyl sites for hydroxylation is 2. The van der Waals surface area contributed by atoms with Crippen molar-refractivity contribution in [3.8, 4) is 0 Å². The van der Waals surface area contributed by atoms with Gasteiger partial charge in [0, 0.05) is 18.3 Å². The molecule has 0 saturated heterocycles. The van der Waals surface area contributed by atoms with E-state index in [0.717, 1.165) is 30.5 Å². The number of carbonyl (C=O) groups excluding carboxylic acids is 2. The minimum atomic E-state index is -0.312. The molecular weight excluding hydrogens is 332 g/mol. The maximum atomic E-state index is 12.7. The first-order valence-corrected chi connectivity index (χ1v) is 8.90. The lowest BCUT2D eigenvalue weighted by Crippen LogP contribution is -2.41. The van der Waals surface area contributed by atoms with E-state index in [2.05, 4.69) is 15.8 Å². The molecule has 0 aliphatic carbocycles. The van der Waals surface area contributed by atoms with E-state index in [-0.39, 0.29) is 18.5 Å². The normalized spacial score (nSPS) is 10.4. The number of para-hydroxylation sites is 1. The van der Waals surface area contributed by atoms with Crippen LogP contribution < -0.4 is 10.6 Å². The first-order valence-electron chi connectivity index (χ1n) is 8.90. The molecule has 2 rings (SSSR count). The van der Waals surface area contributed by atoms with E-state index in [1.807, 2.05) is 38.1 Å². The Morgan fingerprint density at radius 3 is 2.62 bits per heavy atom. The first kappa shape index (κ1) is 19.5. The largest absolute Gasteiger partial charge is 0.360 e. The van der Waals surface area contributed by atoms with Gasteiger partial charge < -0.3 is 20.1 Å². The monoisotopic (exact) mass is 358 g/mol. The van der Waals surface area contributed by atoms with Crippen molar-refractivity contribution in [3.63, 3.8) is 0 Å². The highest BCUT2D eigenvalue weighted by Gasteiger charge is 2.18. The average molecular weight is 358 g/mol. The molecule has 1 heterocycles. The molecule has 0 unspecified atom stereocenters. The Hall–Kier alpha value is -2.83. The zero-order chi connectivity index (χ0) is 18.9. The summed E-state index contributed by atoms with van der Waals surface area (Å²) in [6.45, 7) is 6.27. The lowest BCUT2D eigenvalue weighted by Gasteiger charge is -2.23. The Morgan fingerprint density at radius 2 is 1.96 bits per heavy atom. The summed E-state index contributed by atoms with van der Waals surface area (Å²) in [5, 5.41) is 9.30. The van der Waals surface area contributed by atoms with Crippen LogP contribution in [0, 0.1) is 6.92 Å². The third kappa shape index (κ3) is 5.61. The molecule has 0 aliphatic rings. The standard InChI is InChI=1S/C19H26N4O3/c1-4-6-11-23(13-18(24)21-17-12-14(3)26-22-17)19(25)20-16-10-8-7-9-15(16)5-2/h7-10,12H,4-6,11,13H2,1-3H3,(H,20,25)(H,21,22,24). The minimum Gasteiger partial charge on any atom is -0.360 e. The molecule has 7 nitrogen and oxygen atoms in total. The fourth-order valence-corrected chi connectivity index (χ4v) is 2.53. The van der Waals surface area contributed by atoms with Crippen molar-refractivity contribution in [2.45, 2.75) is 40.0 Å². The van der Waals surface area contributed by atoms with Gasteiger partial charge >= 0.3 is 6.03 Å². The number of unbranched alkanes of at least 4 members (excludes halogenated alkanes) is 1. The van der Waals surface area contributed by atoms with Gasteiger partial charge in [0.1, 0.15) is 12.3 Å². The molecule has 2 aromatic rings. The molecule has 0 atom stereocenters. The zero-order valence-corrected chi connectivity index (χ0v) is 15.5. The van der Waals surface area contributed by atoms with Gasteiger partial charge in [0.25, 0.3) is 0 Å². The van der Waals surface area contributed by atoms with Crippen LogP contribution in [0.4, 0.5) is 16.3 Å². The summed E-state index contributed by atoms with van der Waals surface area (Å²) in [6.07, 6.45) is 2.57. The second-order valence-electron chi connectivity index (χ2n) is 6.09. The molecule has 0 saturated carbocycles. The highest BCUT2D eigenvalue weighted by molar-refractivity contribution is 5.96. The molecule has 2 N–H and O–H groups in total. The smallest absolute Gasteiger partial charge is 0.322 e. The summed E-state index contributed by atoms with van der Waals surface area (Å²) in [7, 11) is 0. The predicted molar refractivity (Wildman–Crippen MR) is 101 cm³/mol. The van der Waals surface area contributed by atoms with Gasteiger partial charge in [0.15, 0.2) is 5.82 Å². The SMILES string of the molecule is CCCCN(CC(=O)Nc1cc(C)on1)C(=O)Nc1ccccc1CC. The van der Waals surface area contributed by atoms with Crippen LogP contribution in [0.25, 0.3) is 0 Å². The van der Waals surface area contributed by atoms with Crippen LogP contribution >= 0.6 is 0 Å². The summed E-state index contributed by atoms with van der Waals surface area (Å²) in [6, 6.07) is 9.01. The maximum absolute atomic E-state index is 12.7. The highest BCUT2D eigenvalue weighted by Crippen LogP contribution is 2.16. The lowest BCUT2D eigenvalue weighted by atomic mass is 10.1. The third-order valence-electron chi connectivity index (χ3n) is 3.94. The molecule has 140 valence electrons. The molecule has 0 bridgehead atoms. The van der Waals surface area contributed by atoms with Crippen molar-refractivity contribution in [2.75, 3.05) is 23.7 Å². The molecule has 0 fully saturated rings. The Labute approximate surface area is 153 Å². The van der Waals surface area contributed by atoms with Gasteiger partial charge in [-0.1, -0.05) is 43.6 Å². The van der Waals surface area contributed by atoms with Crippen LogP contribution in [-0.4, -0.2) is 35.1 Å². The van der Waals surface area contributed by atoms with Gasteiger partial charge in [-0.25, -0.2) is 4.79 Å². The van der Waals surface area contributed by atoms with Crippen LogP contribution in [0.3, 0.4) is 0 Å². The minimum absolute atomic E-state index is 0.0496. The van der Waals surface area contributed by atoms with E-state index >= 15 is 0 Å². The second kappa shape index (κ2) is 9.60. The Balaban J connectivity index is 2.02. The van der Waals surface area contributed by atoms with Gasteiger partial charge in [-0.05, 0) is 31.4 Å². The third-order valence-corrected chi connectivity index (χ3v) is 3.94. The molecule has 0 aliphatic heterocycles. The number of hydrogen-bond donors (Lipinski definition) is 2. The summed E-state index contributed by atoms with van der Waals surface area (Å²) in [5.41, 5.74) is 1.83. The number of nitrogens with one attached hydrogen (secondary N) is 2. The van der Waals surface area contributed by atoms with E-state index < -0.39 is 0 Å². The summed E-state index contributed by atoms with van der Waals surface area (Å²) < 4.78 is 4.93. The predicted octanol–water partition coefficient (Wildman–Crippen LogP) is 3.82. The first-order chi connectivity index (χ1) is 12.5. The number of amides is 3. The van der Waals surface area contributed by atoms with Crippen LogP contribution in [0.15, 0.2) is 34.9 Å². The van der Waals surface area contributed by atoms with Crippen LogP contribution in [0.2, 0.25) is 0 Å². The lowest BCUT2D eigenvalue weighted by molar-refractivity contribution is -0.116. The maximum Gasteiger partial charge on any atom is 0.322 e. The van der Waals surface area contributed by atoms with Crippen molar-refractivity contribution >= 4 is 23.4 Å². The number of hydrogen-bond acceptors (Lipinski definition) is 4. The Bertz CT molecular complexity index is 742. The van der Waals surface area contributed by atoms with E-state index in [9.17, 15) is 9.59 Å². The molecule has 1 aromatic heterocycles. The molecule has 7 heteroatoms. The van der Waals surface area contributed by atoms with Crippen LogP contribution in [0.5, 0.6) is 0 Å². The molecular formula is C19H26N4O3. The fraction of sp³-hybridized carbons (Fsp3) is 0.421. The van der Waals surface area contributed by atoms with Crippen molar-refractivity contribution in [1.29, 1.82) is 0 Å². The quantitative estimate of drug-likeness (QED) is 0.751. The number of nitrogens with zero attached hydrogens (tertiary/aromatic N) is 2. The van der Waals surface area contributed by atoms with E-state index in [0.29, 0.717) is 18.1 Å². The Kier molecular flexibility index (Phi) is 7.20. The van der Waals surface area contributed by atoms with Gasteiger partial charge in [-0.3, -0.25) is 4.79 Å². The topological polar surface area (TPSA) is 87.5 Å². The Morgan fingerprint density at radius 1 is 1.19 bits per heavy atom. The van der Waals surface area contributed by atoms with Gasteiger partial charge in [-0.15, -0.1) is 0 Å². The number of benzene rings is 1. The van der Waals surface area contributed by atoms with Gasteiger partial charge in [0.05, 0.1) is 0 Å². The number of rotatable bonds is 8. The number of anilines is 2. The van der Waals surface area contributed by atoms with Gasteiger partial charge in [0.2, 0.25) is 5.91 Å². The molecule has 0 radical (unpaired) electrons. The fourth-order valence-electron chi connectivity index (χ4n) is 2.53. The number of urea groups is 1. The molecule has 3 amide bonds. The van der Waals surface area contributed by atoms with Crippen molar-refractivity contribution < 1.29 is 14.1 Å². The van der Waals surface area contributed by atoms with Crippen molar-refractivity contribution in [3.05, 3.63) is 41.7 Å². The number of carbonyl (C=O) groups is 2. The van der Waals surface area contributed by atoms with E-state index in [4.69, 9.17) is 4.52 Å². The summed E-state index contributed by atoms with van der Waals surface area (Å²) in [5.74, 6) is 0.644. The van der Waals surface area contributed by atoms with E-state index in [1.54, 1.807) is 13.0 Å². The summed E-state index contributed by atoms with van der Waals surface area (Å²) in [4.78, 5) is 26.5. The van der Waals surface area contributed by atoms with Gasteiger partial charge in [-0.2, -0.15) is 0 Å². The van der Waals surface area contributed by atoms with Crippen LogP contribution in [0.1, 0.15) is 38.0 Å². The van der Waals surface area contributed by atoms with Crippen LogP contribution in [-0.2, 0) is 11.2 Å². The number of aromatic nitrogens is 1. The molecule has 1 aromatic carbocycles. The molecule has 26 heavy (non-hydrogen) atoms. The second-order valence-corrected chi connectivity index (χ2v) is 6.09. The van der Waals surface area contributed by atoms with E-state index in [1.165, 1.54) is 4.90 Å². The van der Waals surface area contributed by atoms with Crippen molar-refractivity contribution in [1.82, 2.24) is 10.1 Å². The average Bonchev–Trinajstić information content (AvgIpc) is 3.03.